The molecule has 0 amide bonds. The molecule has 0 saturated carbocycles. The summed E-state index contributed by atoms with van der Waals surface area (Å²) < 4.78 is 13.5. The molecule has 2 aromatic rings. The Balaban J connectivity index is 1.81. The molecule has 0 aliphatic carbocycles. The maximum atomic E-state index is 6.04. The Hall–Kier alpha value is -2.15. The lowest BCUT2D eigenvalue weighted by molar-refractivity contribution is -0.0468. The van der Waals surface area contributed by atoms with Gasteiger partial charge in [-0.15, -0.1) is 0 Å². The van der Waals surface area contributed by atoms with Crippen molar-refractivity contribution in [3.63, 3.8) is 0 Å². The molecule has 2 aromatic heterocycles. The highest BCUT2D eigenvalue weighted by Crippen LogP contribution is 2.31. The molecule has 1 saturated heterocycles. The molecule has 3 heterocycles. The van der Waals surface area contributed by atoms with Crippen LogP contribution in [0.15, 0.2) is 24.8 Å². The first-order valence-electron chi connectivity index (χ1n) is 7.83. The van der Waals surface area contributed by atoms with Crippen molar-refractivity contribution in [3.05, 3.63) is 30.4 Å². The second-order valence-electron chi connectivity index (χ2n) is 6.29. The smallest absolute Gasteiger partial charge is 0.234 e. The van der Waals surface area contributed by atoms with E-state index in [1.165, 1.54) is 0 Å². The number of aryl methyl sites for hydroxylation is 1. The third-order valence-corrected chi connectivity index (χ3v) is 3.87. The van der Waals surface area contributed by atoms with E-state index in [1.54, 1.807) is 17.1 Å². The molecule has 0 radical (unpaired) electrons. The van der Waals surface area contributed by atoms with Gasteiger partial charge in [-0.25, -0.2) is 0 Å². The van der Waals surface area contributed by atoms with Crippen LogP contribution in [0.5, 0.6) is 5.88 Å². The van der Waals surface area contributed by atoms with E-state index < -0.39 is 5.60 Å². The van der Waals surface area contributed by atoms with E-state index in [1.807, 2.05) is 33.3 Å². The van der Waals surface area contributed by atoms with Crippen LogP contribution in [0, 0.1) is 0 Å². The summed E-state index contributed by atoms with van der Waals surface area (Å²) in [5, 5.41) is 4.25. The number of nitrogens with zero attached hydrogens (tertiary/aromatic N) is 5. The molecule has 0 aromatic carbocycles. The van der Waals surface area contributed by atoms with Crippen LogP contribution in [0.3, 0.4) is 0 Å². The van der Waals surface area contributed by atoms with Crippen molar-refractivity contribution in [1.82, 2.24) is 19.7 Å². The van der Waals surface area contributed by atoms with E-state index in [4.69, 9.17) is 9.47 Å². The van der Waals surface area contributed by atoms with Crippen LogP contribution in [-0.2, 0) is 17.4 Å². The fourth-order valence-electron chi connectivity index (χ4n) is 2.72. The molecule has 0 spiro atoms. The Kier molecular flexibility index (Phi) is 4.21. The molecule has 1 atom stereocenters. The predicted octanol–water partition coefficient (Wildman–Crippen LogP) is 1.75. The Bertz CT molecular complexity index is 672. The average molecular weight is 317 g/mol. The lowest BCUT2D eigenvalue weighted by atomic mass is 9.97. The van der Waals surface area contributed by atoms with Crippen LogP contribution >= 0.6 is 0 Å². The summed E-state index contributed by atoms with van der Waals surface area (Å²) in [6.07, 6.45) is 7.33. The Labute approximate surface area is 136 Å². The zero-order chi connectivity index (χ0) is 16.4. The summed E-state index contributed by atoms with van der Waals surface area (Å²) in [6, 6.07) is 0. The molecule has 124 valence electrons. The summed E-state index contributed by atoms with van der Waals surface area (Å²) in [7, 11) is 1.91. The van der Waals surface area contributed by atoms with Gasteiger partial charge in [-0.2, -0.15) is 10.1 Å². The van der Waals surface area contributed by atoms with Gasteiger partial charge in [-0.1, -0.05) is 0 Å². The Morgan fingerprint density at radius 2 is 2.13 bits per heavy atom. The fraction of sp³-hybridized carbons (Fsp3) is 0.562. The van der Waals surface area contributed by atoms with E-state index in [0.29, 0.717) is 19.0 Å². The first kappa shape index (κ1) is 15.7. The van der Waals surface area contributed by atoms with Gasteiger partial charge in [0.05, 0.1) is 37.8 Å². The zero-order valence-corrected chi connectivity index (χ0v) is 14.1. The van der Waals surface area contributed by atoms with Crippen molar-refractivity contribution in [1.29, 1.82) is 0 Å². The van der Waals surface area contributed by atoms with Crippen LogP contribution < -0.4 is 9.64 Å². The molecule has 0 N–H and O–H groups in total. The highest BCUT2D eigenvalue weighted by molar-refractivity contribution is 5.40. The molecule has 0 unspecified atom stereocenters. The van der Waals surface area contributed by atoms with Gasteiger partial charge in [0.1, 0.15) is 5.60 Å². The number of hydrogen-bond acceptors (Lipinski definition) is 6. The second kappa shape index (κ2) is 6.16. The van der Waals surface area contributed by atoms with Crippen LogP contribution in [0.1, 0.15) is 26.3 Å². The average Bonchev–Trinajstić information content (AvgIpc) is 2.94. The van der Waals surface area contributed by atoms with Gasteiger partial charge >= 0.3 is 0 Å². The van der Waals surface area contributed by atoms with Crippen molar-refractivity contribution in [2.75, 3.05) is 24.6 Å². The number of rotatable bonds is 4. The van der Waals surface area contributed by atoms with Gasteiger partial charge in [-0.3, -0.25) is 9.67 Å². The zero-order valence-electron chi connectivity index (χ0n) is 14.1. The Morgan fingerprint density at radius 3 is 2.83 bits per heavy atom. The summed E-state index contributed by atoms with van der Waals surface area (Å²) in [6.45, 7) is 8.12. The van der Waals surface area contributed by atoms with Gasteiger partial charge in [0.15, 0.2) is 5.82 Å². The van der Waals surface area contributed by atoms with E-state index in [9.17, 15) is 0 Å². The molecular formula is C16H23N5O2. The van der Waals surface area contributed by atoms with Gasteiger partial charge < -0.3 is 14.4 Å². The predicted molar refractivity (Wildman–Crippen MR) is 86.5 cm³/mol. The largest absolute Gasteiger partial charge is 0.474 e. The number of anilines is 1. The van der Waals surface area contributed by atoms with Gasteiger partial charge in [0.25, 0.3) is 0 Å². The van der Waals surface area contributed by atoms with E-state index >= 15 is 0 Å². The standard InChI is InChI=1S/C16H23N5O2/c1-12(2)23-15-9-17-8-14(19-15)21-5-6-22-16(3,11-21)13-7-18-20(4)10-13/h7-10,12H,5-6,11H2,1-4H3/t16-/m0/s1. The Morgan fingerprint density at radius 1 is 1.30 bits per heavy atom. The third-order valence-electron chi connectivity index (χ3n) is 3.87. The molecular weight excluding hydrogens is 294 g/mol. The van der Waals surface area contributed by atoms with Crippen molar-refractivity contribution < 1.29 is 9.47 Å². The molecule has 1 fully saturated rings. The molecule has 23 heavy (non-hydrogen) atoms. The number of hydrogen-bond donors (Lipinski definition) is 0. The lowest BCUT2D eigenvalue weighted by Gasteiger charge is -2.40. The van der Waals surface area contributed by atoms with Crippen molar-refractivity contribution in [3.8, 4) is 5.88 Å². The van der Waals surface area contributed by atoms with E-state index in [2.05, 4.69) is 26.9 Å². The molecule has 3 rings (SSSR count). The maximum Gasteiger partial charge on any atom is 0.234 e. The highest BCUT2D eigenvalue weighted by atomic mass is 16.5. The summed E-state index contributed by atoms with van der Waals surface area (Å²) in [5.41, 5.74) is 0.649. The summed E-state index contributed by atoms with van der Waals surface area (Å²) in [5.74, 6) is 1.36. The minimum Gasteiger partial charge on any atom is -0.474 e. The van der Waals surface area contributed by atoms with Crippen LogP contribution in [0.2, 0.25) is 0 Å². The highest BCUT2D eigenvalue weighted by Gasteiger charge is 2.35. The minimum absolute atomic E-state index is 0.0740. The molecule has 7 heteroatoms. The van der Waals surface area contributed by atoms with Crippen molar-refractivity contribution in [2.45, 2.75) is 32.5 Å². The first-order valence-corrected chi connectivity index (χ1v) is 7.83. The number of aromatic nitrogens is 4. The van der Waals surface area contributed by atoms with Gasteiger partial charge in [0, 0.05) is 25.4 Å². The second-order valence-corrected chi connectivity index (χ2v) is 6.29. The quantitative estimate of drug-likeness (QED) is 0.856. The molecule has 7 nitrogen and oxygen atoms in total. The van der Waals surface area contributed by atoms with Crippen molar-refractivity contribution in [2.24, 2.45) is 7.05 Å². The van der Waals surface area contributed by atoms with Crippen LogP contribution in [-0.4, -0.2) is 45.5 Å². The van der Waals surface area contributed by atoms with Gasteiger partial charge in [0.2, 0.25) is 5.88 Å². The lowest BCUT2D eigenvalue weighted by Crippen LogP contribution is -2.48. The topological polar surface area (TPSA) is 65.3 Å². The van der Waals surface area contributed by atoms with E-state index in [-0.39, 0.29) is 6.10 Å². The molecule has 1 aliphatic rings. The summed E-state index contributed by atoms with van der Waals surface area (Å²) >= 11 is 0. The monoisotopic (exact) mass is 317 g/mol. The number of ether oxygens (including phenoxy) is 2. The minimum atomic E-state index is -0.414. The number of morpholine rings is 1. The van der Waals surface area contributed by atoms with Crippen LogP contribution in [0.25, 0.3) is 0 Å². The molecule has 0 bridgehead atoms. The summed E-state index contributed by atoms with van der Waals surface area (Å²) in [4.78, 5) is 11.0. The third kappa shape index (κ3) is 3.44. The van der Waals surface area contributed by atoms with E-state index in [0.717, 1.165) is 17.9 Å². The first-order chi connectivity index (χ1) is 11.0. The van der Waals surface area contributed by atoms with Gasteiger partial charge in [-0.05, 0) is 20.8 Å². The van der Waals surface area contributed by atoms with Crippen LogP contribution in [0.4, 0.5) is 5.82 Å². The maximum absolute atomic E-state index is 6.04. The fourth-order valence-corrected chi connectivity index (χ4v) is 2.72. The normalized spacial score (nSPS) is 21.7. The SMILES string of the molecule is CC(C)Oc1cncc(N2CCO[C@](C)(c3cnn(C)c3)C2)n1. The molecule has 1 aliphatic heterocycles. The van der Waals surface area contributed by atoms with Crippen molar-refractivity contribution >= 4 is 5.82 Å².